The first-order valence-corrected chi connectivity index (χ1v) is 11.5. The minimum atomic E-state index is -4.25. The van der Waals surface area contributed by atoms with Gasteiger partial charge < -0.3 is 1.43 Å². The van der Waals surface area contributed by atoms with Crippen LogP contribution in [0.1, 0.15) is 118 Å². The van der Waals surface area contributed by atoms with Crippen LogP contribution in [-0.4, -0.2) is 19.6 Å². The SMILES string of the molecule is CCCCCCCCCCCCCCCCCCCOS(=O)(=O)O.[H-].[Na+]. The molecule has 0 aliphatic rings. The topological polar surface area (TPSA) is 63.6 Å². The Morgan fingerprint density at radius 2 is 0.920 bits per heavy atom. The molecule has 0 heterocycles. The van der Waals surface area contributed by atoms with E-state index in [4.69, 9.17) is 4.55 Å². The van der Waals surface area contributed by atoms with Gasteiger partial charge in [0.15, 0.2) is 0 Å². The van der Waals surface area contributed by atoms with Gasteiger partial charge in [-0.3, -0.25) is 4.55 Å². The molecule has 0 saturated heterocycles. The van der Waals surface area contributed by atoms with Crippen molar-refractivity contribution in [1.29, 1.82) is 0 Å². The van der Waals surface area contributed by atoms with E-state index in [1.54, 1.807) is 0 Å². The molecule has 0 unspecified atom stereocenters. The fourth-order valence-electron chi connectivity index (χ4n) is 2.99. The van der Waals surface area contributed by atoms with Crippen molar-refractivity contribution in [2.75, 3.05) is 6.61 Å². The summed E-state index contributed by atoms with van der Waals surface area (Å²) in [6.07, 6.45) is 21.9. The Bertz CT molecular complexity index is 353. The summed E-state index contributed by atoms with van der Waals surface area (Å²) in [6.45, 7) is 2.36. The first-order chi connectivity index (χ1) is 11.6. The zero-order valence-corrected chi connectivity index (χ0v) is 19.6. The third-order valence-corrected chi connectivity index (χ3v) is 4.94. The van der Waals surface area contributed by atoms with E-state index in [9.17, 15) is 8.42 Å². The van der Waals surface area contributed by atoms with E-state index >= 15 is 0 Å². The Morgan fingerprint density at radius 3 is 1.20 bits per heavy atom. The third-order valence-electron chi connectivity index (χ3n) is 4.48. The molecule has 0 aliphatic carbocycles. The summed E-state index contributed by atoms with van der Waals surface area (Å²) < 4.78 is 33.4. The zero-order valence-electron chi connectivity index (χ0n) is 17.8. The van der Waals surface area contributed by atoms with E-state index in [0.717, 1.165) is 12.8 Å². The standard InChI is InChI=1S/C19H40O4S.Na.H/c1-2-3-4-5-6-7-8-9-10-11-12-13-14-15-16-17-18-19-23-24(20,21)22;;/h2-19H2,1H3,(H,20,21,22);;/q;+1;-1. The van der Waals surface area contributed by atoms with E-state index in [1.807, 2.05) is 0 Å². The quantitative estimate of drug-likeness (QED) is 0.209. The molecular formula is C19H41NaO4S. The average molecular weight is 389 g/mol. The molecule has 0 aromatic heterocycles. The zero-order chi connectivity index (χ0) is 17.9. The molecule has 25 heavy (non-hydrogen) atoms. The van der Waals surface area contributed by atoms with Gasteiger partial charge in [-0.25, -0.2) is 4.18 Å². The second-order valence-electron chi connectivity index (χ2n) is 6.91. The molecule has 0 spiro atoms. The van der Waals surface area contributed by atoms with Crippen molar-refractivity contribution in [3.63, 3.8) is 0 Å². The molecule has 0 bridgehead atoms. The van der Waals surface area contributed by atoms with E-state index in [1.165, 1.54) is 89.9 Å². The van der Waals surface area contributed by atoms with Crippen LogP contribution < -0.4 is 29.6 Å². The molecule has 0 radical (unpaired) electrons. The van der Waals surface area contributed by atoms with Crippen molar-refractivity contribution in [2.45, 2.75) is 116 Å². The first kappa shape index (κ1) is 28.1. The Hall–Kier alpha value is 0.870. The molecular weight excluding hydrogens is 347 g/mol. The van der Waals surface area contributed by atoms with Crippen molar-refractivity contribution < 1.29 is 48.1 Å². The summed E-state index contributed by atoms with van der Waals surface area (Å²) >= 11 is 0. The second-order valence-corrected chi connectivity index (χ2v) is 8.00. The first-order valence-electron chi connectivity index (χ1n) is 10.2. The van der Waals surface area contributed by atoms with Gasteiger partial charge in [0, 0.05) is 0 Å². The van der Waals surface area contributed by atoms with Gasteiger partial charge in [0.25, 0.3) is 0 Å². The third kappa shape index (κ3) is 27.2. The van der Waals surface area contributed by atoms with Crippen LogP contribution in [0.25, 0.3) is 0 Å². The molecule has 0 aliphatic heterocycles. The fraction of sp³-hybridized carbons (Fsp3) is 1.00. The van der Waals surface area contributed by atoms with Crippen LogP contribution in [0.2, 0.25) is 0 Å². The van der Waals surface area contributed by atoms with Crippen LogP contribution >= 0.6 is 0 Å². The molecule has 0 aromatic rings. The molecule has 6 heteroatoms. The number of unbranched alkanes of at least 4 members (excludes halogenated alkanes) is 16. The predicted molar refractivity (Wildman–Crippen MR) is 103 cm³/mol. The van der Waals surface area contributed by atoms with E-state index in [-0.39, 0.29) is 37.6 Å². The fourth-order valence-corrected chi connectivity index (χ4v) is 3.32. The van der Waals surface area contributed by atoms with Crippen LogP contribution in [-0.2, 0) is 14.6 Å². The van der Waals surface area contributed by atoms with Gasteiger partial charge in [-0.2, -0.15) is 8.42 Å². The monoisotopic (exact) mass is 388 g/mol. The molecule has 0 rings (SSSR count). The van der Waals surface area contributed by atoms with Crippen LogP contribution in [0, 0.1) is 0 Å². The van der Waals surface area contributed by atoms with Gasteiger partial charge in [0.2, 0.25) is 0 Å². The second kappa shape index (κ2) is 21.2. The minimum absolute atomic E-state index is 0. The van der Waals surface area contributed by atoms with Gasteiger partial charge >= 0.3 is 40.0 Å². The molecule has 0 aromatic carbocycles. The summed E-state index contributed by atoms with van der Waals surface area (Å²) in [4.78, 5) is 0. The van der Waals surface area contributed by atoms with Crippen molar-refractivity contribution in [2.24, 2.45) is 0 Å². The molecule has 0 atom stereocenters. The summed E-state index contributed by atoms with van der Waals surface area (Å²) in [5.74, 6) is 0. The number of hydrogen-bond donors (Lipinski definition) is 1. The molecule has 0 saturated carbocycles. The van der Waals surface area contributed by atoms with Gasteiger partial charge in [-0.1, -0.05) is 110 Å². The summed E-state index contributed by atoms with van der Waals surface area (Å²) in [5, 5.41) is 0. The predicted octanol–water partition coefficient (Wildman–Crippen LogP) is 3.57. The van der Waals surface area contributed by atoms with Crippen molar-refractivity contribution >= 4 is 10.4 Å². The van der Waals surface area contributed by atoms with E-state index in [0.29, 0.717) is 6.42 Å². The summed E-state index contributed by atoms with van der Waals surface area (Å²) in [6, 6.07) is 0. The Balaban J connectivity index is -0.00000264. The minimum Gasteiger partial charge on any atom is -1.00 e. The smallest absolute Gasteiger partial charge is 1.00 e. The van der Waals surface area contributed by atoms with E-state index < -0.39 is 10.4 Å². The van der Waals surface area contributed by atoms with Crippen molar-refractivity contribution in [3.05, 3.63) is 0 Å². The number of rotatable bonds is 19. The van der Waals surface area contributed by atoms with E-state index in [2.05, 4.69) is 11.1 Å². The van der Waals surface area contributed by atoms with Crippen LogP contribution in [0.5, 0.6) is 0 Å². The average Bonchev–Trinajstić information content (AvgIpc) is 2.52. The maximum Gasteiger partial charge on any atom is 1.00 e. The Morgan fingerprint density at radius 1 is 0.640 bits per heavy atom. The van der Waals surface area contributed by atoms with Crippen molar-refractivity contribution in [1.82, 2.24) is 0 Å². The molecule has 4 nitrogen and oxygen atoms in total. The maximum absolute atomic E-state index is 10.3. The summed E-state index contributed by atoms with van der Waals surface area (Å²) in [5.41, 5.74) is 0. The molecule has 148 valence electrons. The molecule has 1 N–H and O–H groups in total. The van der Waals surface area contributed by atoms with Gasteiger partial charge in [-0.05, 0) is 6.42 Å². The van der Waals surface area contributed by atoms with Crippen LogP contribution in [0.15, 0.2) is 0 Å². The number of hydrogen-bond acceptors (Lipinski definition) is 3. The molecule has 0 fully saturated rings. The van der Waals surface area contributed by atoms with Crippen LogP contribution in [0.3, 0.4) is 0 Å². The normalized spacial score (nSPS) is 11.4. The van der Waals surface area contributed by atoms with Crippen molar-refractivity contribution in [3.8, 4) is 0 Å². The molecule has 0 amide bonds. The van der Waals surface area contributed by atoms with Crippen LogP contribution in [0.4, 0.5) is 0 Å². The van der Waals surface area contributed by atoms with Gasteiger partial charge in [0.1, 0.15) is 0 Å². The Kier molecular flexibility index (Phi) is 23.8. The largest absolute Gasteiger partial charge is 1.00 e. The van der Waals surface area contributed by atoms with Gasteiger partial charge in [0.05, 0.1) is 6.61 Å². The Labute approximate surface area is 180 Å². The maximum atomic E-state index is 10.3. The summed E-state index contributed by atoms with van der Waals surface area (Å²) in [7, 11) is -4.25. The van der Waals surface area contributed by atoms with Gasteiger partial charge in [-0.15, -0.1) is 0 Å².